The lowest BCUT2D eigenvalue weighted by molar-refractivity contribution is 0.0714. The largest absolute Gasteiger partial charge is 0.384 e. The van der Waals surface area contributed by atoms with Gasteiger partial charge in [-0.2, -0.15) is 0 Å². The quantitative estimate of drug-likeness (QED) is 0.887. The van der Waals surface area contributed by atoms with E-state index >= 15 is 0 Å². The number of aliphatic hydroxyl groups is 1. The van der Waals surface area contributed by atoms with Gasteiger partial charge in [0.15, 0.2) is 0 Å². The van der Waals surface area contributed by atoms with Crippen LogP contribution in [0.5, 0.6) is 0 Å². The molecular weight excluding hydrogens is 248 g/mol. The zero-order chi connectivity index (χ0) is 13.9. The van der Waals surface area contributed by atoms with Crippen LogP contribution in [-0.2, 0) is 5.60 Å². The molecule has 2 aromatic rings. The first-order valence-corrected chi connectivity index (χ1v) is 5.96. The maximum atomic E-state index is 13.4. The van der Waals surface area contributed by atoms with Crippen molar-refractivity contribution in [2.75, 3.05) is 11.9 Å². The fraction of sp³-hybridized carbons (Fsp3) is 0.200. The summed E-state index contributed by atoms with van der Waals surface area (Å²) in [5.41, 5.74) is -0.756. The molecule has 0 heterocycles. The maximum Gasteiger partial charge on any atom is 0.149 e. The number of hydrogen-bond acceptors (Lipinski definition) is 2. The lowest BCUT2D eigenvalue weighted by Gasteiger charge is -2.25. The van der Waals surface area contributed by atoms with Crippen molar-refractivity contribution >= 4 is 5.69 Å². The summed E-state index contributed by atoms with van der Waals surface area (Å²) in [5, 5.41) is 12.9. The van der Waals surface area contributed by atoms with E-state index in [0.29, 0.717) is 5.56 Å². The SMILES string of the molecule is CC(O)(CNc1c(F)cccc1F)c1ccccc1. The predicted molar refractivity (Wildman–Crippen MR) is 70.9 cm³/mol. The van der Waals surface area contributed by atoms with E-state index in [1.165, 1.54) is 18.2 Å². The second kappa shape index (κ2) is 5.36. The summed E-state index contributed by atoms with van der Waals surface area (Å²) in [4.78, 5) is 0. The first kappa shape index (κ1) is 13.5. The summed E-state index contributed by atoms with van der Waals surface area (Å²) in [6.45, 7) is 1.60. The zero-order valence-electron chi connectivity index (χ0n) is 10.5. The summed E-state index contributed by atoms with van der Waals surface area (Å²) in [6.07, 6.45) is 0. The Bertz CT molecular complexity index is 535. The third-order valence-corrected chi connectivity index (χ3v) is 2.97. The van der Waals surface area contributed by atoms with Gasteiger partial charge < -0.3 is 10.4 Å². The van der Waals surface area contributed by atoms with E-state index < -0.39 is 17.2 Å². The number of benzene rings is 2. The molecule has 0 aliphatic heterocycles. The average molecular weight is 263 g/mol. The van der Waals surface area contributed by atoms with Gasteiger partial charge in [0.2, 0.25) is 0 Å². The standard InChI is InChI=1S/C15H15F2NO/c1-15(19,11-6-3-2-4-7-11)10-18-14-12(16)8-5-9-13(14)17/h2-9,18-19H,10H2,1H3. The van der Waals surface area contributed by atoms with Crippen LogP contribution >= 0.6 is 0 Å². The normalized spacial score (nSPS) is 13.9. The summed E-state index contributed by atoms with van der Waals surface area (Å²) in [7, 11) is 0. The second-order valence-corrected chi connectivity index (χ2v) is 4.59. The van der Waals surface area contributed by atoms with Crippen molar-refractivity contribution in [3.63, 3.8) is 0 Å². The Morgan fingerprint density at radius 1 is 1.00 bits per heavy atom. The van der Waals surface area contributed by atoms with E-state index in [1.807, 2.05) is 6.07 Å². The highest BCUT2D eigenvalue weighted by Crippen LogP contribution is 2.23. The minimum Gasteiger partial charge on any atom is -0.384 e. The number of nitrogens with one attached hydrogen (secondary N) is 1. The Labute approximate surface area is 110 Å². The number of halogens is 2. The number of para-hydroxylation sites is 1. The van der Waals surface area contributed by atoms with Gasteiger partial charge in [-0.3, -0.25) is 0 Å². The van der Waals surface area contributed by atoms with Crippen LogP contribution < -0.4 is 5.32 Å². The fourth-order valence-electron chi connectivity index (χ4n) is 1.83. The molecule has 1 unspecified atom stereocenters. The van der Waals surface area contributed by atoms with Crippen molar-refractivity contribution in [1.82, 2.24) is 0 Å². The molecular formula is C15H15F2NO. The molecule has 100 valence electrons. The van der Waals surface area contributed by atoms with Crippen LogP contribution in [0.1, 0.15) is 12.5 Å². The van der Waals surface area contributed by atoms with Crippen molar-refractivity contribution in [1.29, 1.82) is 0 Å². The lowest BCUT2D eigenvalue weighted by Crippen LogP contribution is -2.31. The van der Waals surface area contributed by atoms with E-state index in [2.05, 4.69) is 5.32 Å². The highest BCUT2D eigenvalue weighted by atomic mass is 19.1. The van der Waals surface area contributed by atoms with Crippen LogP contribution in [0.15, 0.2) is 48.5 Å². The molecule has 0 radical (unpaired) electrons. The van der Waals surface area contributed by atoms with Gasteiger partial charge in [0.05, 0.1) is 0 Å². The Balaban J connectivity index is 2.14. The van der Waals surface area contributed by atoms with Crippen molar-refractivity contribution in [3.8, 4) is 0 Å². The van der Waals surface area contributed by atoms with Gasteiger partial charge in [0.25, 0.3) is 0 Å². The van der Waals surface area contributed by atoms with Gasteiger partial charge in [-0.05, 0) is 24.6 Å². The summed E-state index contributed by atoms with van der Waals surface area (Å²) in [5.74, 6) is -1.35. The first-order valence-electron chi connectivity index (χ1n) is 5.96. The van der Waals surface area contributed by atoms with Crippen LogP contribution in [0.25, 0.3) is 0 Å². The molecule has 4 heteroatoms. The van der Waals surface area contributed by atoms with Crippen molar-refractivity contribution in [2.45, 2.75) is 12.5 Å². The zero-order valence-corrected chi connectivity index (χ0v) is 10.5. The smallest absolute Gasteiger partial charge is 0.149 e. The molecule has 0 fully saturated rings. The minimum atomic E-state index is -1.21. The molecule has 0 amide bonds. The molecule has 2 nitrogen and oxygen atoms in total. The highest BCUT2D eigenvalue weighted by molar-refractivity contribution is 5.46. The Morgan fingerprint density at radius 2 is 1.58 bits per heavy atom. The Hall–Kier alpha value is -1.94. The molecule has 0 aliphatic carbocycles. The maximum absolute atomic E-state index is 13.4. The van der Waals surface area contributed by atoms with Gasteiger partial charge in [-0.15, -0.1) is 0 Å². The van der Waals surface area contributed by atoms with Crippen molar-refractivity contribution < 1.29 is 13.9 Å². The monoisotopic (exact) mass is 263 g/mol. The number of rotatable bonds is 4. The number of hydrogen-bond donors (Lipinski definition) is 2. The lowest BCUT2D eigenvalue weighted by atomic mass is 9.96. The molecule has 0 bridgehead atoms. The molecule has 0 aromatic heterocycles. The van der Waals surface area contributed by atoms with E-state index in [9.17, 15) is 13.9 Å². The minimum absolute atomic E-state index is 0.00880. The van der Waals surface area contributed by atoms with E-state index in [1.54, 1.807) is 31.2 Å². The van der Waals surface area contributed by atoms with Crippen LogP contribution in [0.2, 0.25) is 0 Å². The third-order valence-electron chi connectivity index (χ3n) is 2.97. The Morgan fingerprint density at radius 3 is 2.16 bits per heavy atom. The molecule has 0 saturated carbocycles. The summed E-state index contributed by atoms with van der Waals surface area (Å²) < 4.78 is 26.9. The highest BCUT2D eigenvalue weighted by Gasteiger charge is 2.23. The molecule has 19 heavy (non-hydrogen) atoms. The summed E-state index contributed by atoms with van der Waals surface area (Å²) in [6, 6.07) is 12.6. The average Bonchev–Trinajstić information content (AvgIpc) is 2.39. The van der Waals surface area contributed by atoms with Crippen molar-refractivity contribution in [3.05, 3.63) is 65.7 Å². The molecule has 0 spiro atoms. The molecule has 1 atom stereocenters. The van der Waals surface area contributed by atoms with Gasteiger partial charge in [0.1, 0.15) is 22.9 Å². The van der Waals surface area contributed by atoms with Crippen LogP contribution in [-0.4, -0.2) is 11.7 Å². The van der Waals surface area contributed by atoms with E-state index in [4.69, 9.17) is 0 Å². The number of anilines is 1. The van der Waals surface area contributed by atoms with Crippen LogP contribution in [0.4, 0.5) is 14.5 Å². The topological polar surface area (TPSA) is 32.3 Å². The van der Waals surface area contributed by atoms with Gasteiger partial charge in [-0.1, -0.05) is 36.4 Å². The molecule has 0 saturated heterocycles. The van der Waals surface area contributed by atoms with Gasteiger partial charge in [0, 0.05) is 6.54 Å². The second-order valence-electron chi connectivity index (χ2n) is 4.59. The predicted octanol–water partition coefficient (Wildman–Crippen LogP) is 3.28. The van der Waals surface area contributed by atoms with Gasteiger partial charge >= 0.3 is 0 Å². The van der Waals surface area contributed by atoms with Crippen LogP contribution in [0, 0.1) is 11.6 Å². The van der Waals surface area contributed by atoms with Crippen LogP contribution in [0.3, 0.4) is 0 Å². The molecule has 0 aliphatic rings. The fourth-order valence-corrected chi connectivity index (χ4v) is 1.83. The van der Waals surface area contributed by atoms with E-state index in [-0.39, 0.29) is 12.2 Å². The van der Waals surface area contributed by atoms with Gasteiger partial charge in [-0.25, -0.2) is 8.78 Å². The first-order chi connectivity index (χ1) is 9.00. The molecule has 2 rings (SSSR count). The van der Waals surface area contributed by atoms with Crippen molar-refractivity contribution in [2.24, 2.45) is 0 Å². The summed E-state index contributed by atoms with van der Waals surface area (Å²) >= 11 is 0. The van der Waals surface area contributed by atoms with E-state index in [0.717, 1.165) is 0 Å². The molecule has 2 N–H and O–H groups in total. The Kier molecular flexibility index (Phi) is 3.81. The third kappa shape index (κ3) is 3.09. The molecule has 2 aromatic carbocycles.